The molecule has 1 heterocycles. The van der Waals surface area contributed by atoms with E-state index < -0.39 is 5.97 Å². The highest BCUT2D eigenvalue weighted by atomic mass is 16.5. The first kappa shape index (κ1) is 12.2. The lowest BCUT2D eigenvalue weighted by Gasteiger charge is -2.15. The molecule has 0 radical (unpaired) electrons. The van der Waals surface area contributed by atoms with Crippen molar-refractivity contribution >= 4 is 5.97 Å². The maximum absolute atomic E-state index is 11.2. The van der Waals surface area contributed by atoms with Gasteiger partial charge < -0.3 is 14.6 Å². The Bertz CT molecular complexity index is 247. The van der Waals surface area contributed by atoms with Gasteiger partial charge in [0.2, 0.25) is 0 Å². The standard InChI is InChI=1S/C11H18O4/c1-7(12)6-9-4-5-10(15-9)8(2)11(13)14-3/h7,9-10,12H,2,4-6H2,1,3H3/t7?,9-,10+/m1/s1. The molecule has 15 heavy (non-hydrogen) atoms. The number of hydrogen-bond donors (Lipinski definition) is 1. The number of ether oxygens (including phenoxy) is 2. The number of aliphatic hydroxyl groups excluding tert-OH is 1. The summed E-state index contributed by atoms with van der Waals surface area (Å²) < 4.78 is 10.2. The number of esters is 1. The molecule has 0 spiro atoms. The van der Waals surface area contributed by atoms with Crippen LogP contribution in [0.2, 0.25) is 0 Å². The number of methoxy groups -OCH3 is 1. The molecule has 4 nitrogen and oxygen atoms in total. The van der Waals surface area contributed by atoms with Crippen LogP contribution in [-0.4, -0.2) is 36.5 Å². The average molecular weight is 214 g/mol. The van der Waals surface area contributed by atoms with Crippen molar-refractivity contribution in [2.24, 2.45) is 0 Å². The maximum Gasteiger partial charge on any atom is 0.335 e. The van der Waals surface area contributed by atoms with Crippen LogP contribution < -0.4 is 0 Å². The molecule has 1 saturated heterocycles. The normalized spacial score (nSPS) is 27.4. The van der Waals surface area contributed by atoms with E-state index in [2.05, 4.69) is 11.3 Å². The van der Waals surface area contributed by atoms with Gasteiger partial charge in [-0.05, 0) is 26.2 Å². The summed E-state index contributed by atoms with van der Waals surface area (Å²) in [6.07, 6.45) is 1.62. The molecule has 0 aliphatic carbocycles. The Morgan fingerprint density at radius 3 is 2.87 bits per heavy atom. The smallest absolute Gasteiger partial charge is 0.335 e. The van der Waals surface area contributed by atoms with Gasteiger partial charge in [0.1, 0.15) is 0 Å². The summed E-state index contributed by atoms with van der Waals surface area (Å²) in [6.45, 7) is 5.39. The number of rotatable bonds is 4. The highest BCUT2D eigenvalue weighted by Crippen LogP contribution is 2.27. The van der Waals surface area contributed by atoms with Crippen LogP contribution in [0.1, 0.15) is 26.2 Å². The van der Waals surface area contributed by atoms with Crippen molar-refractivity contribution < 1.29 is 19.4 Å². The highest BCUT2D eigenvalue weighted by molar-refractivity contribution is 5.88. The van der Waals surface area contributed by atoms with Crippen LogP contribution in [0.15, 0.2) is 12.2 Å². The summed E-state index contributed by atoms with van der Waals surface area (Å²) >= 11 is 0. The fourth-order valence-corrected chi connectivity index (χ4v) is 1.78. The topological polar surface area (TPSA) is 55.8 Å². The Kier molecular flexibility index (Phi) is 4.29. The molecule has 0 bridgehead atoms. The Labute approximate surface area is 89.9 Å². The molecular formula is C11H18O4. The van der Waals surface area contributed by atoms with Gasteiger partial charge in [0.15, 0.2) is 0 Å². The number of aliphatic hydroxyl groups is 1. The second kappa shape index (κ2) is 5.28. The Balaban J connectivity index is 2.42. The summed E-state index contributed by atoms with van der Waals surface area (Å²) in [5.41, 5.74) is 0.366. The van der Waals surface area contributed by atoms with Crippen LogP contribution in [0.4, 0.5) is 0 Å². The van der Waals surface area contributed by atoms with Crippen molar-refractivity contribution in [3.8, 4) is 0 Å². The molecule has 0 aromatic rings. The van der Waals surface area contributed by atoms with Crippen molar-refractivity contribution in [3.05, 3.63) is 12.2 Å². The molecule has 3 atom stereocenters. The first-order valence-corrected chi connectivity index (χ1v) is 5.15. The quantitative estimate of drug-likeness (QED) is 0.561. The number of hydrogen-bond acceptors (Lipinski definition) is 4. The molecule has 1 N–H and O–H groups in total. The molecule has 1 fully saturated rings. The monoisotopic (exact) mass is 214 g/mol. The van der Waals surface area contributed by atoms with Crippen LogP contribution >= 0.6 is 0 Å². The van der Waals surface area contributed by atoms with Gasteiger partial charge in [-0.1, -0.05) is 6.58 Å². The van der Waals surface area contributed by atoms with E-state index in [0.29, 0.717) is 12.0 Å². The lowest BCUT2D eigenvalue weighted by atomic mass is 10.1. The third kappa shape index (κ3) is 3.32. The zero-order chi connectivity index (χ0) is 11.4. The lowest BCUT2D eigenvalue weighted by Crippen LogP contribution is -2.21. The van der Waals surface area contributed by atoms with E-state index in [1.807, 2.05) is 0 Å². The van der Waals surface area contributed by atoms with E-state index >= 15 is 0 Å². The third-order valence-corrected chi connectivity index (χ3v) is 2.55. The van der Waals surface area contributed by atoms with Crippen LogP contribution in [0.5, 0.6) is 0 Å². The van der Waals surface area contributed by atoms with Crippen LogP contribution in [0.25, 0.3) is 0 Å². The highest BCUT2D eigenvalue weighted by Gasteiger charge is 2.30. The third-order valence-electron chi connectivity index (χ3n) is 2.55. The van der Waals surface area contributed by atoms with Gasteiger partial charge in [0.25, 0.3) is 0 Å². The van der Waals surface area contributed by atoms with E-state index in [9.17, 15) is 9.90 Å². The fraction of sp³-hybridized carbons (Fsp3) is 0.727. The van der Waals surface area contributed by atoms with Crippen molar-refractivity contribution in [2.45, 2.75) is 44.5 Å². The molecule has 1 aliphatic heterocycles. The van der Waals surface area contributed by atoms with E-state index in [1.54, 1.807) is 6.92 Å². The van der Waals surface area contributed by atoms with Gasteiger partial charge in [-0.3, -0.25) is 0 Å². The summed E-state index contributed by atoms with van der Waals surface area (Å²) in [4.78, 5) is 11.2. The van der Waals surface area contributed by atoms with Gasteiger partial charge in [0.05, 0.1) is 31.0 Å². The van der Waals surface area contributed by atoms with Gasteiger partial charge in [-0.15, -0.1) is 0 Å². The van der Waals surface area contributed by atoms with Crippen molar-refractivity contribution in [2.75, 3.05) is 7.11 Å². The summed E-state index contributed by atoms with van der Waals surface area (Å²) in [6, 6.07) is 0. The fourth-order valence-electron chi connectivity index (χ4n) is 1.78. The van der Waals surface area contributed by atoms with Crippen LogP contribution in [-0.2, 0) is 14.3 Å². The molecule has 1 rings (SSSR count). The Morgan fingerprint density at radius 1 is 1.67 bits per heavy atom. The summed E-state index contributed by atoms with van der Waals surface area (Å²) in [7, 11) is 1.33. The molecule has 1 unspecified atom stereocenters. The molecule has 4 heteroatoms. The van der Waals surface area contributed by atoms with Gasteiger partial charge >= 0.3 is 5.97 Å². The van der Waals surface area contributed by atoms with Crippen molar-refractivity contribution in [1.29, 1.82) is 0 Å². The molecule has 0 aromatic carbocycles. The molecule has 0 saturated carbocycles. The second-order valence-corrected chi connectivity index (χ2v) is 3.93. The zero-order valence-corrected chi connectivity index (χ0v) is 9.23. The predicted octanol–water partition coefficient (Wildman–Crippen LogP) is 1.03. The largest absolute Gasteiger partial charge is 0.466 e. The van der Waals surface area contributed by atoms with E-state index in [0.717, 1.165) is 12.8 Å². The average Bonchev–Trinajstić information content (AvgIpc) is 2.63. The molecule has 0 amide bonds. The first-order chi connectivity index (χ1) is 7.04. The van der Waals surface area contributed by atoms with Crippen LogP contribution in [0.3, 0.4) is 0 Å². The van der Waals surface area contributed by atoms with E-state index in [-0.39, 0.29) is 18.3 Å². The van der Waals surface area contributed by atoms with Crippen molar-refractivity contribution in [3.63, 3.8) is 0 Å². The maximum atomic E-state index is 11.2. The van der Waals surface area contributed by atoms with E-state index in [4.69, 9.17) is 4.74 Å². The van der Waals surface area contributed by atoms with Crippen LogP contribution in [0, 0.1) is 0 Å². The number of carbonyl (C=O) groups is 1. The van der Waals surface area contributed by atoms with Crippen molar-refractivity contribution in [1.82, 2.24) is 0 Å². The minimum atomic E-state index is -0.419. The minimum Gasteiger partial charge on any atom is -0.466 e. The minimum absolute atomic E-state index is 0.0245. The summed E-state index contributed by atoms with van der Waals surface area (Å²) in [5, 5.41) is 9.20. The molecule has 1 aliphatic rings. The molecular weight excluding hydrogens is 196 g/mol. The Hall–Kier alpha value is -0.870. The molecule has 86 valence electrons. The zero-order valence-electron chi connectivity index (χ0n) is 9.23. The SMILES string of the molecule is C=C(C(=O)OC)[C@@H]1CC[C@H](CC(C)O)O1. The van der Waals surface area contributed by atoms with Gasteiger partial charge in [-0.2, -0.15) is 0 Å². The number of carbonyl (C=O) groups excluding carboxylic acids is 1. The van der Waals surface area contributed by atoms with Gasteiger partial charge in [-0.25, -0.2) is 4.79 Å². The first-order valence-electron chi connectivity index (χ1n) is 5.15. The van der Waals surface area contributed by atoms with Gasteiger partial charge in [0, 0.05) is 0 Å². The Morgan fingerprint density at radius 2 is 2.33 bits per heavy atom. The predicted molar refractivity (Wildman–Crippen MR) is 55.3 cm³/mol. The van der Waals surface area contributed by atoms with E-state index in [1.165, 1.54) is 7.11 Å². The lowest BCUT2D eigenvalue weighted by molar-refractivity contribution is -0.137. The second-order valence-electron chi connectivity index (χ2n) is 3.93. The summed E-state index contributed by atoms with van der Waals surface area (Å²) in [5.74, 6) is -0.419. The molecule has 0 aromatic heterocycles.